The Balaban J connectivity index is 1.70. The van der Waals surface area contributed by atoms with Crippen molar-refractivity contribution in [3.05, 3.63) is 94.1 Å². The average molecular weight is 377 g/mol. The largest absolute Gasteiger partial charge is 0.310 e. The first-order valence-corrected chi connectivity index (χ1v) is 9.43. The Hall–Kier alpha value is -2.65. The molecule has 136 valence electrons. The van der Waals surface area contributed by atoms with Crippen molar-refractivity contribution >= 4 is 23.3 Å². The van der Waals surface area contributed by atoms with E-state index in [1.165, 1.54) is 22.3 Å². The molecule has 0 radical (unpaired) electrons. The Morgan fingerprint density at radius 3 is 2.22 bits per heavy atom. The Morgan fingerprint density at radius 2 is 1.67 bits per heavy atom. The van der Waals surface area contributed by atoms with Gasteiger partial charge in [-0.05, 0) is 43.5 Å². The fourth-order valence-corrected chi connectivity index (χ4v) is 4.08. The quantitative estimate of drug-likeness (QED) is 0.671. The minimum Gasteiger partial charge on any atom is -0.310 e. The van der Waals surface area contributed by atoms with Crippen LogP contribution in [0.15, 0.2) is 66.9 Å². The minimum absolute atomic E-state index is 0.0206. The molecule has 1 N–H and O–H groups in total. The van der Waals surface area contributed by atoms with Gasteiger partial charge in [0.2, 0.25) is 5.91 Å². The molecule has 0 aliphatic heterocycles. The molecule has 2 aromatic carbocycles. The molecule has 0 saturated heterocycles. The smallest absolute Gasteiger partial charge is 0.229 e. The molecule has 1 fully saturated rings. The monoisotopic (exact) mass is 376 g/mol. The van der Waals surface area contributed by atoms with Crippen LogP contribution in [0.1, 0.15) is 28.7 Å². The summed E-state index contributed by atoms with van der Waals surface area (Å²) >= 11 is 6.01. The SMILES string of the molecule is Cc1cccc(C2(c3cccc(C)c3)CC2C(=O)Nc2cc(Cl)ccn2)c1. The van der Waals surface area contributed by atoms with Crippen molar-refractivity contribution in [1.82, 2.24) is 4.98 Å². The highest BCUT2D eigenvalue weighted by Crippen LogP contribution is 2.59. The fourth-order valence-electron chi connectivity index (χ4n) is 3.92. The van der Waals surface area contributed by atoms with Crippen molar-refractivity contribution in [2.24, 2.45) is 5.92 Å². The number of carbonyl (C=O) groups excluding carboxylic acids is 1. The number of nitrogens with zero attached hydrogens (tertiary/aromatic N) is 1. The van der Waals surface area contributed by atoms with Gasteiger partial charge in [0, 0.05) is 16.6 Å². The van der Waals surface area contributed by atoms with Gasteiger partial charge in [0.25, 0.3) is 0 Å². The molecule has 4 rings (SSSR count). The topological polar surface area (TPSA) is 42.0 Å². The average Bonchev–Trinajstić information content (AvgIpc) is 3.39. The number of hydrogen-bond donors (Lipinski definition) is 1. The van der Waals surface area contributed by atoms with E-state index in [2.05, 4.69) is 72.7 Å². The van der Waals surface area contributed by atoms with E-state index < -0.39 is 0 Å². The summed E-state index contributed by atoms with van der Waals surface area (Å²) in [6.45, 7) is 4.17. The lowest BCUT2D eigenvalue weighted by Gasteiger charge is -2.20. The van der Waals surface area contributed by atoms with Crippen LogP contribution in [0, 0.1) is 19.8 Å². The number of pyridine rings is 1. The number of nitrogens with one attached hydrogen (secondary N) is 1. The van der Waals surface area contributed by atoms with Crippen LogP contribution in [0.2, 0.25) is 5.02 Å². The van der Waals surface area contributed by atoms with E-state index >= 15 is 0 Å². The molecule has 4 heteroatoms. The summed E-state index contributed by atoms with van der Waals surface area (Å²) < 4.78 is 0. The van der Waals surface area contributed by atoms with Crippen molar-refractivity contribution in [1.29, 1.82) is 0 Å². The Morgan fingerprint density at radius 1 is 1.04 bits per heavy atom. The molecule has 1 aliphatic rings. The third-order valence-corrected chi connectivity index (χ3v) is 5.55. The molecule has 1 saturated carbocycles. The summed E-state index contributed by atoms with van der Waals surface area (Å²) in [5, 5.41) is 3.49. The van der Waals surface area contributed by atoms with Gasteiger partial charge in [0.15, 0.2) is 0 Å². The first-order chi connectivity index (χ1) is 13.0. The van der Waals surface area contributed by atoms with E-state index in [-0.39, 0.29) is 17.2 Å². The molecule has 3 aromatic rings. The van der Waals surface area contributed by atoms with E-state index in [1.807, 2.05) is 0 Å². The molecular weight excluding hydrogens is 356 g/mol. The number of rotatable bonds is 4. The van der Waals surface area contributed by atoms with Gasteiger partial charge in [-0.25, -0.2) is 4.98 Å². The number of amides is 1. The number of hydrogen-bond acceptors (Lipinski definition) is 2. The van der Waals surface area contributed by atoms with Gasteiger partial charge in [-0.1, -0.05) is 71.3 Å². The van der Waals surface area contributed by atoms with Gasteiger partial charge in [-0.2, -0.15) is 0 Å². The predicted molar refractivity (Wildman–Crippen MR) is 109 cm³/mol. The highest BCUT2D eigenvalue weighted by atomic mass is 35.5. The molecule has 1 unspecified atom stereocenters. The van der Waals surface area contributed by atoms with Gasteiger partial charge >= 0.3 is 0 Å². The van der Waals surface area contributed by atoms with Gasteiger partial charge in [0.05, 0.1) is 5.92 Å². The normalized spacial score (nSPS) is 17.4. The Labute approximate surface area is 164 Å². The molecule has 1 aliphatic carbocycles. The van der Waals surface area contributed by atoms with E-state index in [9.17, 15) is 4.79 Å². The Kier molecular flexibility index (Phi) is 4.48. The third-order valence-electron chi connectivity index (χ3n) is 5.32. The Bertz CT molecular complexity index is 969. The zero-order valence-corrected chi connectivity index (χ0v) is 16.1. The van der Waals surface area contributed by atoms with E-state index in [0.717, 1.165) is 6.42 Å². The molecule has 1 aromatic heterocycles. The number of benzene rings is 2. The summed E-state index contributed by atoms with van der Waals surface area (Å²) in [4.78, 5) is 17.2. The predicted octanol–water partition coefficient (Wildman–Crippen LogP) is 5.30. The highest BCUT2D eigenvalue weighted by molar-refractivity contribution is 6.30. The number of anilines is 1. The van der Waals surface area contributed by atoms with Crippen molar-refractivity contribution < 1.29 is 4.79 Å². The summed E-state index contributed by atoms with van der Waals surface area (Å²) in [6, 6.07) is 20.3. The fraction of sp³-hybridized carbons (Fsp3) is 0.217. The first-order valence-electron chi connectivity index (χ1n) is 9.06. The maximum absolute atomic E-state index is 13.0. The van der Waals surface area contributed by atoms with Gasteiger partial charge in [0.1, 0.15) is 5.82 Å². The van der Waals surface area contributed by atoms with E-state index in [0.29, 0.717) is 10.8 Å². The zero-order chi connectivity index (χ0) is 19.0. The van der Waals surface area contributed by atoms with Crippen LogP contribution in [-0.2, 0) is 10.2 Å². The molecule has 0 bridgehead atoms. The van der Waals surface area contributed by atoms with Crippen LogP contribution in [-0.4, -0.2) is 10.9 Å². The molecule has 3 nitrogen and oxygen atoms in total. The van der Waals surface area contributed by atoms with Crippen molar-refractivity contribution in [3.8, 4) is 0 Å². The second-order valence-corrected chi connectivity index (χ2v) is 7.75. The molecule has 1 atom stereocenters. The molecule has 1 heterocycles. The van der Waals surface area contributed by atoms with Gasteiger partial charge in [-0.15, -0.1) is 0 Å². The minimum atomic E-state index is -0.291. The molecule has 1 amide bonds. The molecule has 27 heavy (non-hydrogen) atoms. The standard InChI is InChI=1S/C23H21ClN2O/c1-15-5-3-7-17(11-15)23(18-8-4-6-16(2)12-18)14-20(23)22(27)26-21-13-19(24)9-10-25-21/h3-13,20H,14H2,1-2H3,(H,25,26,27). The maximum Gasteiger partial charge on any atom is 0.229 e. The lowest BCUT2D eigenvalue weighted by atomic mass is 9.84. The number of halogens is 1. The third kappa shape index (κ3) is 3.35. The second-order valence-electron chi connectivity index (χ2n) is 7.32. The van der Waals surface area contributed by atoms with Gasteiger partial charge < -0.3 is 5.32 Å². The van der Waals surface area contributed by atoms with Crippen LogP contribution >= 0.6 is 11.6 Å². The summed E-state index contributed by atoms with van der Waals surface area (Å²) in [5.41, 5.74) is 4.48. The first kappa shape index (κ1) is 17.7. The van der Waals surface area contributed by atoms with Crippen molar-refractivity contribution in [2.45, 2.75) is 25.7 Å². The highest BCUT2D eigenvalue weighted by Gasteiger charge is 2.60. The van der Waals surface area contributed by atoms with Crippen LogP contribution in [0.4, 0.5) is 5.82 Å². The number of aromatic nitrogens is 1. The maximum atomic E-state index is 13.0. The van der Waals surface area contributed by atoms with Crippen LogP contribution in [0.5, 0.6) is 0 Å². The zero-order valence-electron chi connectivity index (χ0n) is 15.4. The van der Waals surface area contributed by atoms with E-state index in [4.69, 9.17) is 11.6 Å². The summed E-state index contributed by atoms with van der Waals surface area (Å²) in [7, 11) is 0. The summed E-state index contributed by atoms with van der Waals surface area (Å²) in [6.07, 6.45) is 2.38. The van der Waals surface area contributed by atoms with Gasteiger partial charge in [-0.3, -0.25) is 4.79 Å². The lowest BCUT2D eigenvalue weighted by Crippen LogP contribution is -2.22. The number of carbonyl (C=O) groups is 1. The van der Waals surface area contributed by atoms with Crippen molar-refractivity contribution in [3.63, 3.8) is 0 Å². The van der Waals surface area contributed by atoms with E-state index in [1.54, 1.807) is 18.3 Å². The molecule has 0 spiro atoms. The summed E-state index contributed by atoms with van der Waals surface area (Å²) in [5.74, 6) is 0.330. The van der Waals surface area contributed by atoms with Crippen LogP contribution in [0.3, 0.4) is 0 Å². The molecular formula is C23H21ClN2O. The van der Waals surface area contributed by atoms with Crippen molar-refractivity contribution in [2.75, 3.05) is 5.32 Å². The van der Waals surface area contributed by atoms with Crippen LogP contribution < -0.4 is 5.32 Å². The van der Waals surface area contributed by atoms with Crippen LogP contribution in [0.25, 0.3) is 0 Å². The second kappa shape index (κ2) is 6.82. The lowest BCUT2D eigenvalue weighted by molar-refractivity contribution is -0.117. The number of aryl methyl sites for hydroxylation is 2.